The highest BCUT2D eigenvalue weighted by molar-refractivity contribution is 5.85. The van der Waals surface area contributed by atoms with Gasteiger partial charge in [-0.25, -0.2) is 0 Å². The molecule has 2 nitrogen and oxygen atoms in total. The molecule has 0 spiro atoms. The van der Waals surface area contributed by atoms with Crippen molar-refractivity contribution in [1.82, 2.24) is 10.2 Å². The lowest BCUT2D eigenvalue weighted by Crippen LogP contribution is -1.77. The fourth-order valence-electron chi connectivity index (χ4n) is 1.33. The van der Waals surface area contributed by atoms with E-state index in [0.29, 0.717) is 0 Å². The Morgan fingerprint density at radius 2 is 2.23 bits per heavy atom. The molecule has 0 saturated carbocycles. The summed E-state index contributed by atoms with van der Waals surface area (Å²) in [6.45, 7) is 9.72. The molecule has 0 unspecified atom stereocenters. The van der Waals surface area contributed by atoms with E-state index in [-0.39, 0.29) is 0 Å². The molecule has 0 bridgehead atoms. The van der Waals surface area contributed by atoms with Gasteiger partial charge in [-0.15, -0.1) is 0 Å². The van der Waals surface area contributed by atoms with E-state index in [9.17, 15) is 0 Å². The maximum atomic E-state index is 4.03. The van der Waals surface area contributed by atoms with Gasteiger partial charge in [-0.2, -0.15) is 5.10 Å². The topological polar surface area (TPSA) is 28.7 Å². The zero-order valence-electron chi connectivity index (χ0n) is 7.59. The van der Waals surface area contributed by atoms with Crippen LogP contribution in [0.2, 0.25) is 0 Å². The minimum absolute atomic E-state index is 0.790. The molecule has 65 valence electrons. The van der Waals surface area contributed by atoms with E-state index in [0.717, 1.165) is 27.7 Å². The van der Waals surface area contributed by atoms with Crippen LogP contribution in [-0.4, -0.2) is 10.2 Å². The number of hydrogen-bond acceptors (Lipinski definition) is 1. The van der Waals surface area contributed by atoms with Gasteiger partial charge in [0, 0.05) is 5.39 Å². The predicted molar refractivity (Wildman–Crippen MR) is 55.3 cm³/mol. The van der Waals surface area contributed by atoms with Crippen LogP contribution in [0, 0.1) is 6.92 Å². The third-order valence-corrected chi connectivity index (χ3v) is 2.13. The summed E-state index contributed by atoms with van der Waals surface area (Å²) >= 11 is 0. The zero-order valence-corrected chi connectivity index (χ0v) is 7.59. The smallest absolute Gasteiger partial charge is 0.0704 e. The number of benzene rings is 1. The van der Waals surface area contributed by atoms with Gasteiger partial charge in [0.15, 0.2) is 0 Å². The Balaban J connectivity index is 2.72. The number of fused-ring (bicyclic) bond motifs is 1. The van der Waals surface area contributed by atoms with Crippen molar-refractivity contribution in [2.24, 2.45) is 0 Å². The normalized spacial score (nSPS) is 10.6. The van der Waals surface area contributed by atoms with Crippen molar-refractivity contribution in [1.29, 1.82) is 0 Å². The number of aromatic amines is 1. The molecular formula is C11H11N2. The summed E-state index contributed by atoms with van der Waals surface area (Å²) in [7, 11) is 0. The maximum Gasteiger partial charge on any atom is 0.0704 e. The standard InChI is InChI=1S/C11H11N2/c1-7(2)9-4-5-11-10(6-9)8(3)12-13-11/h4-6H,1,3H2,2H3,(H,12,13). The first-order valence-electron chi connectivity index (χ1n) is 4.14. The van der Waals surface area contributed by atoms with Crippen LogP contribution in [0.25, 0.3) is 16.5 Å². The van der Waals surface area contributed by atoms with E-state index in [1.54, 1.807) is 0 Å². The summed E-state index contributed by atoms with van der Waals surface area (Å²) in [6.07, 6.45) is 0. The van der Waals surface area contributed by atoms with Crippen LogP contribution in [0.1, 0.15) is 18.2 Å². The highest BCUT2D eigenvalue weighted by Gasteiger charge is 2.02. The van der Waals surface area contributed by atoms with Crippen molar-refractivity contribution in [3.63, 3.8) is 0 Å². The molecule has 0 fully saturated rings. The monoisotopic (exact) mass is 171 g/mol. The van der Waals surface area contributed by atoms with Gasteiger partial charge in [0.05, 0.1) is 11.2 Å². The molecule has 0 aliphatic heterocycles. The highest BCUT2D eigenvalue weighted by Crippen LogP contribution is 2.20. The highest BCUT2D eigenvalue weighted by atomic mass is 15.1. The predicted octanol–water partition coefficient (Wildman–Crippen LogP) is 2.78. The molecule has 0 aliphatic rings. The molecule has 2 aromatic rings. The molecule has 1 radical (unpaired) electrons. The van der Waals surface area contributed by atoms with Crippen molar-refractivity contribution in [3.05, 3.63) is 43.0 Å². The molecular weight excluding hydrogens is 160 g/mol. The minimum Gasteiger partial charge on any atom is -0.278 e. The second-order valence-electron chi connectivity index (χ2n) is 3.21. The number of H-pyrrole nitrogens is 1. The quantitative estimate of drug-likeness (QED) is 0.702. The lowest BCUT2D eigenvalue weighted by Gasteiger charge is -1.98. The van der Waals surface area contributed by atoms with Crippen molar-refractivity contribution in [2.75, 3.05) is 0 Å². The van der Waals surface area contributed by atoms with Crippen LogP contribution in [-0.2, 0) is 0 Å². The number of hydrogen-bond donors (Lipinski definition) is 1. The Labute approximate surface area is 77.3 Å². The molecule has 2 rings (SSSR count). The Morgan fingerprint density at radius 3 is 2.92 bits per heavy atom. The van der Waals surface area contributed by atoms with Gasteiger partial charge in [-0.05, 0) is 31.5 Å². The van der Waals surface area contributed by atoms with Crippen LogP contribution in [0.4, 0.5) is 0 Å². The van der Waals surface area contributed by atoms with Gasteiger partial charge in [0.1, 0.15) is 0 Å². The third-order valence-electron chi connectivity index (χ3n) is 2.13. The molecule has 1 aromatic heterocycles. The van der Waals surface area contributed by atoms with Gasteiger partial charge in [-0.1, -0.05) is 18.2 Å². The average molecular weight is 171 g/mol. The van der Waals surface area contributed by atoms with Crippen molar-refractivity contribution >= 4 is 16.5 Å². The van der Waals surface area contributed by atoms with Gasteiger partial charge in [-0.3, -0.25) is 5.10 Å². The van der Waals surface area contributed by atoms with Crippen LogP contribution in [0.5, 0.6) is 0 Å². The molecule has 1 aromatic carbocycles. The van der Waals surface area contributed by atoms with Gasteiger partial charge in [0.2, 0.25) is 0 Å². The molecule has 0 aliphatic carbocycles. The lowest BCUT2D eigenvalue weighted by molar-refractivity contribution is 1.09. The van der Waals surface area contributed by atoms with Gasteiger partial charge in [0.25, 0.3) is 0 Å². The lowest BCUT2D eigenvalue weighted by atomic mass is 10.1. The van der Waals surface area contributed by atoms with Crippen molar-refractivity contribution in [2.45, 2.75) is 6.92 Å². The second-order valence-corrected chi connectivity index (χ2v) is 3.21. The first-order valence-corrected chi connectivity index (χ1v) is 4.14. The molecule has 0 amide bonds. The maximum absolute atomic E-state index is 4.03. The number of rotatable bonds is 1. The summed E-state index contributed by atoms with van der Waals surface area (Å²) < 4.78 is 0. The minimum atomic E-state index is 0.790. The molecule has 0 saturated heterocycles. The fourth-order valence-corrected chi connectivity index (χ4v) is 1.33. The summed E-state index contributed by atoms with van der Waals surface area (Å²) in [5.74, 6) is 0. The third kappa shape index (κ3) is 1.24. The van der Waals surface area contributed by atoms with Crippen molar-refractivity contribution in [3.8, 4) is 0 Å². The first-order chi connectivity index (χ1) is 6.18. The molecule has 13 heavy (non-hydrogen) atoms. The summed E-state index contributed by atoms with van der Waals surface area (Å²) in [5.41, 5.74) is 4.01. The van der Waals surface area contributed by atoms with Crippen LogP contribution in [0.3, 0.4) is 0 Å². The van der Waals surface area contributed by atoms with E-state index in [2.05, 4.69) is 29.8 Å². The number of allylic oxidation sites excluding steroid dienone is 1. The van der Waals surface area contributed by atoms with Crippen LogP contribution >= 0.6 is 0 Å². The molecule has 0 atom stereocenters. The van der Waals surface area contributed by atoms with Gasteiger partial charge >= 0.3 is 0 Å². The second kappa shape index (κ2) is 2.73. The molecule has 2 heteroatoms. The van der Waals surface area contributed by atoms with E-state index >= 15 is 0 Å². The van der Waals surface area contributed by atoms with E-state index < -0.39 is 0 Å². The Hall–Kier alpha value is -1.57. The summed E-state index contributed by atoms with van der Waals surface area (Å²) in [6, 6.07) is 6.09. The molecule has 1 N–H and O–H groups in total. The average Bonchev–Trinajstić information content (AvgIpc) is 2.47. The molecule has 1 heterocycles. The van der Waals surface area contributed by atoms with Gasteiger partial charge < -0.3 is 0 Å². The largest absolute Gasteiger partial charge is 0.278 e. The van der Waals surface area contributed by atoms with E-state index in [1.807, 2.05) is 19.1 Å². The number of nitrogens with zero attached hydrogens (tertiary/aromatic N) is 1. The van der Waals surface area contributed by atoms with Crippen molar-refractivity contribution < 1.29 is 0 Å². The Kier molecular flexibility index (Phi) is 1.69. The SMILES string of the molecule is [CH2]c1n[nH]c2ccc(C(=C)C)cc12. The number of aromatic nitrogens is 2. The van der Waals surface area contributed by atoms with E-state index in [1.165, 1.54) is 0 Å². The summed E-state index contributed by atoms with van der Waals surface area (Å²) in [5, 5.41) is 8.01. The zero-order chi connectivity index (χ0) is 9.42. The number of nitrogens with one attached hydrogen (secondary N) is 1. The first kappa shape index (κ1) is 8.05. The Morgan fingerprint density at radius 1 is 1.46 bits per heavy atom. The van der Waals surface area contributed by atoms with Crippen LogP contribution < -0.4 is 0 Å². The van der Waals surface area contributed by atoms with Crippen LogP contribution in [0.15, 0.2) is 24.8 Å². The fraction of sp³-hybridized carbons (Fsp3) is 0.0909. The van der Waals surface area contributed by atoms with E-state index in [4.69, 9.17) is 0 Å². The Bertz CT molecular complexity index is 466. The summed E-state index contributed by atoms with van der Waals surface area (Å²) in [4.78, 5) is 0.